The molecule has 0 spiro atoms. The molecule has 0 atom stereocenters. The maximum atomic E-state index is 13.9. The van der Waals surface area contributed by atoms with Gasteiger partial charge < -0.3 is 9.32 Å². The van der Waals surface area contributed by atoms with Crippen molar-refractivity contribution in [2.75, 3.05) is 26.2 Å². The normalized spacial score (nSPS) is 15.1. The van der Waals surface area contributed by atoms with Gasteiger partial charge in [0.1, 0.15) is 28.1 Å². The van der Waals surface area contributed by atoms with Gasteiger partial charge in [-0.05, 0) is 36.4 Å². The predicted octanol–water partition coefficient (Wildman–Crippen LogP) is 3.69. The Kier molecular flexibility index (Phi) is 6.38. The second-order valence-electron chi connectivity index (χ2n) is 7.46. The van der Waals surface area contributed by atoms with Gasteiger partial charge in [-0.1, -0.05) is 24.3 Å². The van der Waals surface area contributed by atoms with E-state index < -0.39 is 15.8 Å². The number of aryl methyl sites for hydroxylation is 1. The molecule has 0 bridgehead atoms. The smallest absolute Gasteiger partial charge is 0.246 e. The third-order valence-electron chi connectivity index (χ3n) is 5.43. The van der Waals surface area contributed by atoms with Crippen molar-refractivity contribution < 1.29 is 26.4 Å². The van der Waals surface area contributed by atoms with E-state index in [1.807, 2.05) is 0 Å². The molecule has 1 aromatic heterocycles. The number of piperazine rings is 1. The minimum Gasteiger partial charge on any atom is -0.461 e. The second-order valence-corrected chi connectivity index (χ2v) is 9.37. The molecule has 1 aliphatic rings. The van der Waals surface area contributed by atoms with Gasteiger partial charge in [0.15, 0.2) is 0 Å². The summed E-state index contributed by atoms with van der Waals surface area (Å²) in [6.07, 6.45) is 0.533. The zero-order chi connectivity index (χ0) is 22.7. The summed E-state index contributed by atoms with van der Waals surface area (Å²) < 4.78 is 60.1. The monoisotopic (exact) mass is 460 g/mol. The summed E-state index contributed by atoms with van der Waals surface area (Å²) in [5.74, 6) is -0.335. The van der Waals surface area contributed by atoms with Crippen LogP contribution in [0.5, 0.6) is 0 Å². The largest absolute Gasteiger partial charge is 0.461 e. The molecule has 1 amide bonds. The third kappa shape index (κ3) is 4.58. The van der Waals surface area contributed by atoms with Gasteiger partial charge in [0.05, 0.1) is 5.56 Å². The van der Waals surface area contributed by atoms with Gasteiger partial charge in [0.25, 0.3) is 0 Å². The molecule has 4 rings (SSSR count). The highest BCUT2D eigenvalue weighted by Gasteiger charge is 2.31. The zero-order valence-electron chi connectivity index (χ0n) is 17.2. The maximum absolute atomic E-state index is 13.9. The van der Waals surface area contributed by atoms with Crippen molar-refractivity contribution in [2.24, 2.45) is 0 Å². The van der Waals surface area contributed by atoms with Crippen molar-refractivity contribution in [2.45, 2.75) is 17.7 Å². The Bertz CT molecular complexity index is 1220. The number of halogens is 2. The van der Waals surface area contributed by atoms with E-state index in [1.54, 1.807) is 35.2 Å². The van der Waals surface area contributed by atoms with Crippen LogP contribution in [0.4, 0.5) is 8.78 Å². The highest BCUT2D eigenvalue weighted by Crippen LogP contribution is 2.25. The van der Waals surface area contributed by atoms with E-state index in [1.165, 1.54) is 28.6 Å². The summed E-state index contributed by atoms with van der Waals surface area (Å²) in [7, 11) is -3.95. The number of nitrogens with zero attached hydrogens (tertiary/aromatic N) is 2. The van der Waals surface area contributed by atoms with E-state index >= 15 is 0 Å². The molecule has 168 valence electrons. The number of sulfonamides is 1. The lowest BCUT2D eigenvalue weighted by atomic mass is 10.1. The lowest BCUT2D eigenvalue weighted by Gasteiger charge is -2.34. The van der Waals surface area contributed by atoms with E-state index in [2.05, 4.69) is 0 Å². The Morgan fingerprint density at radius 2 is 1.53 bits per heavy atom. The molecular weight excluding hydrogens is 438 g/mol. The summed E-state index contributed by atoms with van der Waals surface area (Å²) in [5, 5.41) is 0. The van der Waals surface area contributed by atoms with Crippen LogP contribution in [-0.4, -0.2) is 49.7 Å². The van der Waals surface area contributed by atoms with Crippen LogP contribution in [0.25, 0.3) is 11.3 Å². The number of amides is 1. The molecule has 1 aliphatic heterocycles. The van der Waals surface area contributed by atoms with Crippen LogP contribution in [0.1, 0.15) is 12.2 Å². The van der Waals surface area contributed by atoms with Crippen LogP contribution in [0, 0.1) is 11.6 Å². The highest BCUT2D eigenvalue weighted by molar-refractivity contribution is 7.89. The molecule has 2 heterocycles. The molecule has 3 aromatic rings. The average molecular weight is 461 g/mol. The molecule has 0 radical (unpaired) electrons. The van der Waals surface area contributed by atoms with Crippen LogP contribution in [0.2, 0.25) is 0 Å². The van der Waals surface area contributed by atoms with Gasteiger partial charge in [0, 0.05) is 39.0 Å². The fourth-order valence-electron chi connectivity index (χ4n) is 3.68. The van der Waals surface area contributed by atoms with E-state index in [-0.39, 0.29) is 49.2 Å². The van der Waals surface area contributed by atoms with Gasteiger partial charge in [-0.15, -0.1) is 0 Å². The topological polar surface area (TPSA) is 70.8 Å². The molecule has 6 nitrogen and oxygen atoms in total. The third-order valence-corrected chi connectivity index (χ3v) is 7.36. The predicted molar refractivity (Wildman–Crippen MR) is 114 cm³/mol. The molecular formula is C23H22F2N2O4S. The number of furan rings is 1. The number of benzene rings is 2. The van der Waals surface area contributed by atoms with Crippen LogP contribution in [0.15, 0.2) is 70.0 Å². The summed E-state index contributed by atoms with van der Waals surface area (Å²) in [6, 6.07) is 14.9. The number of rotatable bonds is 6. The molecule has 2 aromatic carbocycles. The zero-order valence-corrected chi connectivity index (χ0v) is 18.0. The van der Waals surface area contributed by atoms with Crippen molar-refractivity contribution in [3.63, 3.8) is 0 Å². The molecule has 0 N–H and O–H groups in total. The molecule has 1 fully saturated rings. The van der Waals surface area contributed by atoms with Crippen molar-refractivity contribution >= 4 is 15.9 Å². The number of hydrogen-bond donors (Lipinski definition) is 0. The molecule has 1 saturated heterocycles. The minimum absolute atomic E-state index is 0.0978. The lowest BCUT2D eigenvalue weighted by Crippen LogP contribution is -2.50. The van der Waals surface area contributed by atoms with Crippen molar-refractivity contribution in [1.29, 1.82) is 0 Å². The summed E-state index contributed by atoms with van der Waals surface area (Å²) >= 11 is 0. The van der Waals surface area contributed by atoms with Gasteiger partial charge in [0.2, 0.25) is 15.9 Å². The summed E-state index contributed by atoms with van der Waals surface area (Å²) in [5.41, 5.74) is 0.359. The van der Waals surface area contributed by atoms with E-state index in [0.717, 1.165) is 6.07 Å². The van der Waals surface area contributed by atoms with Gasteiger partial charge in [-0.3, -0.25) is 4.79 Å². The molecule has 32 heavy (non-hydrogen) atoms. The van der Waals surface area contributed by atoms with Crippen LogP contribution in [-0.2, 0) is 21.2 Å². The van der Waals surface area contributed by atoms with Gasteiger partial charge in [-0.2, -0.15) is 4.31 Å². The number of carbonyl (C=O) groups is 1. The standard InChI is InChI=1S/C23H22F2N2O4S/c24-19-6-2-1-5-18(19)21-11-9-17(31-21)10-12-23(28)26-13-15-27(16-14-26)32(29,30)22-8-4-3-7-20(22)25/h1-9,11H,10,12-16H2. The molecule has 0 saturated carbocycles. The van der Waals surface area contributed by atoms with E-state index in [0.29, 0.717) is 23.5 Å². The first-order chi connectivity index (χ1) is 15.4. The fourth-order valence-corrected chi connectivity index (χ4v) is 5.16. The number of hydrogen-bond acceptors (Lipinski definition) is 4. The first-order valence-corrected chi connectivity index (χ1v) is 11.7. The first kappa shape index (κ1) is 22.2. The van der Waals surface area contributed by atoms with Crippen LogP contribution < -0.4 is 0 Å². The SMILES string of the molecule is O=C(CCc1ccc(-c2ccccc2F)o1)N1CCN(S(=O)(=O)c2ccccc2F)CC1. The van der Waals surface area contributed by atoms with Crippen LogP contribution in [0.3, 0.4) is 0 Å². The molecule has 9 heteroatoms. The minimum atomic E-state index is -3.95. The Morgan fingerprint density at radius 1 is 0.875 bits per heavy atom. The van der Waals surface area contributed by atoms with Crippen molar-refractivity contribution in [1.82, 2.24) is 9.21 Å². The second kappa shape index (κ2) is 9.22. The Labute approximate surface area is 185 Å². The number of carbonyl (C=O) groups excluding carboxylic acids is 1. The Balaban J connectivity index is 1.32. The maximum Gasteiger partial charge on any atom is 0.246 e. The van der Waals surface area contributed by atoms with Crippen LogP contribution >= 0.6 is 0 Å². The summed E-state index contributed by atoms with van der Waals surface area (Å²) in [4.78, 5) is 13.8. The molecule has 0 unspecified atom stereocenters. The fraction of sp³-hybridized carbons (Fsp3) is 0.261. The Hall–Kier alpha value is -3.04. The quantitative estimate of drug-likeness (QED) is 0.563. The van der Waals surface area contributed by atoms with Gasteiger partial charge >= 0.3 is 0 Å². The lowest BCUT2D eigenvalue weighted by molar-refractivity contribution is -0.132. The van der Waals surface area contributed by atoms with Gasteiger partial charge in [-0.25, -0.2) is 17.2 Å². The van der Waals surface area contributed by atoms with Crippen molar-refractivity contribution in [3.05, 3.63) is 78.1 Å². The average Bonchev–Trinajstić information content (AvgIpc) is 3.27. The van der Waals surface area contributed by atoms with E-state index in [9.17, 15) is 22.0 Å². The van der Waals surface area contributed by atoms with E-state index in [4.69, 9.17) is 4.42 Å². The Morgan fingerprint density at radius 3 is 2.22 bits per heavy atom. The highest BCUT2D eigenvalue weighted by atomic mass is 32.2. The first-order valence-electron chi connectivity index (χ1n) is 10.2. The summed E-state index contributed by atoms with van der Waals surface area (Å²) in [6.45, 7) is 0.650. The molecule has 0 aliphatic carbocycles. The van der Waals surface area contributed by atoms with Crippen molar-refractivity contribution in [3.8, 4) is 11.3 Å².